The molecule has 1 N–H and O–H groups in total. The minimum absolute atomic E-state index is 0.0503. The number of hydrogen-bond acceptors (Lipinski definition) is 3. The minimum Gasteiger partial charge on any atom is -0.388 e. The molecule has 1 aromatic rings. The topological polar surface area (TPSA) is 57.6 Å². The van der Waals surface area contributed by atoms with Crippen molar-refractivity contribution in [2.75, 3.05) is 19.7 Å². The summed E-state index contributed by atoms with van der Waals surface area (Å²) in [7, 11) is 0. The van der Waals surface area contributed by atoms with Gasteiger partial charge in [-0.25, -0.2) is 0 Å². The van der Waals surface area contributed by atoms with Gasteiger partial charge in [-0.15, -0.1) is 0 Å². The van der Waals surface area contributed by atoms with Crippen LogP contribution in [0.5, 0.6) is 0 Å². The van der Waals surface area contributed by atoms with Crippen LogP contribution in [0.3, 0.4) is 0 Å². The smallest absolute Gasteiger partial charge is 0.223 e. The Morgan fingerprint density at radius 2 is 2.08 bits per heavy atom. The number of fused-ring (bicyclic) bond motifs is 1. The molecule has 4 heteroatoms. The van der Waals surface area contributed by atoms with E-state index in [9.17, 15) is 9.59 Å². The summed E-state index contributed by atoms with van der Waals surface area (Å²) in [5, 5.41) is 9.08. The summed E-state index contributed by atoms with van der Waals surface area (Å²) in [5.74, 6) is 0.799. The van der Waals surface area contributed by atoms with Gasteiger partial charge in [0.2, 0.25) is 5.91 Å². The first-order valence-corrected chi connectivity index (χ1v) is 9.12. The van der Waals surface area contributed by atoms with Crippen molar-refractivity contribution in [3.05, 3.63) is 34.9 Å². The number of ketones is 1. The fraction of sp³-hybridized carbons (Fsp3) is 0.600. The van der Waals surface area contributed by atoms with Crippen LogP contribution in [0, 0.1) is 11.3 Å². The largest absolute Gasteiger partial charge is 0.388 e. The van der Waals surface area contributed by atoms with Crippen LogP contribution in [0.25, 0.3) is 0 Å². The van der Waals surface area contributed by atoms with Gasteiger partial charge >= 0.3 is 0 Å². The summed E-state index contributed by atoms with van der Waals surface area (Å²) < 4.78 is 0. The van der Waals surface area contributed by atoms with Crippen molar-refractivity contribution in [2.24, 2.45) is 11.3 Å². The summed E-state index contributed by atoms with van der Waals surface area (Å²) in [6.45, 7) is 1.37. The molecule has 4 nitrogen and oxygen atoms in total. The fourth-order valence-corrected chi connectivity index (χ4v) is 4.61. The van der Waals surface area contributed by atoms with E-state index in [0.717, 1.165) is 32.4 Å². The average molecular weight is 327 g/mol. The van der Waals surface area contributed by atoms with Crippen molar-refractivity contribution in [1.29, 1.82) is 0 Å². The molecule has 0 bridgehead atoms. The maximum absolute atomic E-state index is 12.5. The van der Waals surface area contributed by atoms with Crippen molar-refractivity contribution in [3.8, 4) is 0 Å². The Kier molecular flexibility index (Phi) is 3.95. The summed E-state index contributed by atoms with van der Waals surface area (Å²) in [6.07, 6.45) is 7.41. The maximum atomic E-state index is 12.5. The normalized spacial score (nSPS) is 26.5. The Morgan fingerprint density at radius 3 is 2.79 bits per heavy atom. The van der Waals surface area contributed by atoms with Crippen LogP contribution in [0.1, 0.15) is 53.6 Å². The molecule has 128 valence electrons. The molecule has 1 atom stereocenters. The van der Waals surface area contributed by atoms with Gasteiger partial charge in [-0.2, -0.15) is 0 Å². The molecule has 1 heterocycles. The molecule has 3 aliphatic rings. The van der Waals surface area contributed by atoms with Crippen molar-refractivity contribution >= 4 is 11.7 Å². The van der Waals surface area contributed by atoms with E-state index in [1.807, 2.05) is 18.2 Å². The highest BCUT2D eigenvalue weighted by atomic mass is 16.3. The van der Waals surface area contributed by atoms with E-state index in [0.29, 0.717) is 23.8 Å². The number of aliphatic hydroxyl groups excluding tert-OH is 1. The lowest BCUT2D eigenvalue weighted by atomic mass is 9.70. The van der Waals surface area contributed by atoms with E-state index in [-0.39, 0.29) is 11.2 Å². The molecule has 4 rings (SSSR count). The number of Topliss-reactive ketones (excluding diaryl/α,β-unsaturated/α-hetero) is 1. The second-order valence-electron chi connectivity index (χ2n) is 7.99. The van der Waals surface area contributed by atoms with Gasteiger partial charge < -0.3 is 10.0 Å². The van der Waals surface area contributed by atoms with Gasteiger partial charge in [0.1, 0.15) is 6.61 Å². The molecule has 1 saturated carbocycles. The van der Waals surface area contributed by atoms with Gasteiger partial charge in [0, 0.05) is 30.5 Å². The number of carbonyl (C=O) groups excluding carboxylic acids is 2. The SMILES string of the molecule is O=C(CO)c1ccc2c(c1)CC1(CC2)CC(=O)N(CC2CCC2)C1. The third kappa shape index (κ3) is 2.77. The molecule has 2 fully saturated rings. The first kappa shape index (κ1) is 15.8. The molecule has 1 spiro atoms. The summed E-state index contributed by atoms with van der Waals surface area (Å²) >= 11 is 0. The Hall–Kier alpha value is -1.68. The zero-order valence-electron chi connectivity index (χ0n) is 14.1. The highest BCUT2D eigenvalue weighted by Gasteiger charge is 2.45. The zero-order valence-corrected chi connectivity index (χ0v) is 14.1. The molecule has 1 aromatic carbocycles. The van der Waals surface area contributed by atoms with Crippen LogP contribution in [0.4, 0.5) is 0 Å². The van der Waals surface area contributed by atoms with Crippen molar-refractivity contribution in [2.45, 2.75) is 44.9 Å². The van der Waals surface area contributed by atoms with Crippen LogP contribution >= 0.6 is 0 Å². The first-order valence-electron chi connectivity index (χ1n) is 9.12. The molecular weight excluding hydrogens is 302 g/mol. The lowest BCUT2D eigenvalue weighted by Crippen LogP contribution is -2.36. The van der Waals surface area contributed by atoms with Crippen molar-refractivity contribution < 1.29 is 14.7 Å². The monoisotopic (exact) mass is 327 g/mol. The van der Waals surface area contributed by atoms with Crippen LogP contribution in [0.2, 0.25) is 0 Å². The third-order valence-electron chi connectivity index (χ3n) is 6.27. The second kappa shape index (κ2) is 5.99. The van der Waals surface area contributed by atoms with Crippen LogP contribution in [-0.2, 0) is 17.6 Å². The quantitative estimate of drug-likeness (QED) is 0.864. The molecule has 1 aliphatic heterocycles. The number of aliphatic hydroxyl groups is 1. The maximum Gasteiger partial charge on any atom is 0.223 e. The zero-order chi connectivity index (χ0) is 16.7. The number of likely N-dealkylation sites (tertiary alicyclic amines) is 1. The van der Waals surface area contributed by atoms with E-state index >= 15 is 0 Å². The molecule has 24 heavy (non-hydrogen) atoms. The molecular formula is C20H25NO3. The van der Waals surface area contributed by atoms with Crippen LogP contribution in [-0.4, -0.2) is 41.4 Å². The van der Waals surface area contributed by atoms with Crippen LogP contribution in [0.15, 0.2) is 18.2 Å². The Morgan fingerprint density at radius 1 is 1.25 bits per heavy atom. The molecule has 1 unspecified atom stereocenters. The number of benzene rings is 1. The lowest BCUT2D eigenvalue weighted by molar-refractivity contribution is -0.128. The third-order valence-corrected chi connectivity index (χ3v) is 6.27. The van der Waals surface area contributed by atoms with Gasteiger partial charge in [-0.3, -0.25) is 9.59 Å². The summed E-state index contributed by atoms with van der Waals surface area (Å²) in [6, 6.07) is 5.78. The number of carbonyl (C=O) groups is 2. The van der Waals surface area contributed by atoms with Crippen LogP contribution < -0.4 is 0 Å². The minimum atomic E-state index is -0.447. The summed E-state index contributed by atoms with van der Waals surface area (Å²) in [5.41, 5.74) is 3.12. The lowest BCUT2D eigenvalue weighted by Gasteiger charge is -2.35. The first-order chi connectivity index (χ1) is 11.6. The molecule has 1 saturated heterocycles. The van der Waals surface area contributed by atoms with E-state index in [1.54, 1.807) is 0 Å². The molecule has 1 amide bonds. The second-order valence-corrected chi connectivity index (χ2v) is 7.99. The highest BCUT2D eigenvalue weighted by Crippen LogP contribution is 2.44. The van der Waals surface area contributed by atoms with E-state index < -0.39 is 6.61 Å². The predicted octanol–water partition coefficient (Wildman–Crippen LogP) is 2.37. The number of rotatable bonds is 4. The number of amides is 1. The van der Waals surface area contributed by atoms with Crippen molar-refractivity contribution in [3.63, 3.8) is 0 Å². The fourth-order valence-electron chi connectivity index (χ4n) is 4.61. The average Bonchev–Trinajstić information content (AvgIpc) is 2.84. The highest BCUT2D eigenvalue weighted by molar-refractivity contribution is 5.97. The Labute approximate surface area is 142 Å². The Bertz CT molecular complexity index is 679. The molecule has 0 radical (unpaired) electrons. The molecule has 2 aliphatic carbocycles. The summed E-state index contributed by atoms with van der Waals surface area (Å²) in [4.78, 5) is 26.4. The van der Waals surface area contributed by atoms with Gasteiger partial charge in [-0.05, 0) is 55.2 Å². The standard InChI is InChI=1S/C20H25NO3/c22-12-18(23)16-5-4-15-6-7-20(9-17(15)8-16)10-19(24)21(13-20)11-14-2-1-3-14/h4-5,8,14,22H,1-3,6-7,9-13H2. The number of nitrogens with zero attached hydrogens (tertiary/aromatic N) is 1. The van der Waals surface area contributed by atoms with Gasteiger partial charge in [0.25, 0.3) is 0 Å². The van der Waals surface area contributed by atoms with E-state index in [4.69, 9.17) is 5.11 Å². The van der Waals surface area contributed by atoms with Gasteiger partial charge in [0.15, 0.2) is 5.78 Å². The van der Waals surface area contributed by atoms with Crippen molar-refractivity contribution in [1.82, 2.24) is 4.90 Å². The predicted molar refractivity (Wildman–Crippen MR) is 90.9 cm³/mol. The van der Waals surface area contributed by atoms with E-state index in [2.05, 4.69) is 4.90 Å². The van der Waals surface area contributed by atoms with Gasteiger partial charge in [0.05, 0.1) is 0 Å². The van der Waals surface area contributed by atoms with E-state index in [1.165, 1.54) is 30.4 Å². The van der Waals surface area contributed by atoms with Gasteiger partial charge in [-0.1, -0.05) is 18.6 Å². The number of aryl methyl sites for hydroxylation is 1. The Balaban J connectivity index is 1.52. The molecule has 0 aromatic heterocycles. The number of hydrogen-bond donors (Lipinski definition) is 1.